The zero-order valence-corrected chi connectivity index (χ0v) is 15.7. The Labute approximate surface area is 160 Å². The fourth-order valence-electron chi connectivity index (χ4n) is 3.03. The molecule has 8 heteroatoms. The Morgan fingerprint density at radius 2 is 1.88 bits per heavy atom. The third-order valence-corrected chi connectivity index (χ3v) is 6.44. The predicted molar refractivity (Wildman–Crippen MR) is 104 cm³/mol. The van der Waals surface area contributed by atoms with Crippen molar-refractivity contribution in [1.82, 2.24) is 19.8 Å². The highest BCUT2D eigenvalue weighted by molar-refractivity contribution is 8.00. The molecule has 1 amide bonds. The number of carbonyl (C=O) groups is 1. The summed E-state index contributed by atoms with van der Waals surface area (Å²) < 4.78 is 1.48. The van der Waals surface area contributed by atoms with E-state index in [9.17, 15) is 4.79 Å². The number of nitrogens with zero attached hydrogens (tertiary/aromatic N) is 4. The topological polar surface area (TPSA) is 77.0 Å². The van der Waals surface area contributed by atoms with Gasteiger partial charge in [0.2, 0.25) is 11.1 Å². The lowest BCUT2D eigenvalue weighted by molar-refractivity contribution is -0.129. The van der Waals surface area contributed by atoms with Crippen molar-refractivity contribution < 1.29 is 4.79 Å². The van der Waals surface area contributed by atoms with Crippen molar-refractivity contribution in [2.24, 2.45) is 0 Å². The molecule has 1 atom stereocenters. The van der Waals surface area contributed by atoms with Crippen molar-refractivity contribution in [1.29, 1.82) is 0 Å². The van der Waals surface area contributed by atoms with E-state index in [0.29, 0.717) is 11.0 Å². The number of rotatable bonds is 5. The van der Waals surface area contributed by atoms with E-state index >= 15 is 0 Å². The molecule has 0 spiro atoms. The van der Waals surface area contributed by atoms with Gasteiger partial charge in [0, 0.05) is 13.1 Å². The first-order chi connectivity index (χ1) is 12.7. The van der Waals surface area contributed by atoms with Crippen LogP contribution in [0.3, 0.4) is 0 Å². The molecule has 1 saturated heterocycles. The van der Waals surface area contributed by atoms with E-state index < -0.39 is 0 Å². The number of hydrogen-bond acceptors (Lipinski definition) is 6. The van der Waals surface area contributed by atoms with E-state index in [1.807, 2.05) is 52.7 Å². The summed E-state index contributed by atoms with van der Waals surface area (Å²) in [7, 11) is 0. The fraction of sp³-hybridized carbons (Fsp3) is 0.278. The van der Waals surface area contributed by atoms with Crippen LogP contribution < -0.4 is 5.84 Å². The minimum atomic E-state index is -0.378. The summed E-state index contributed by atoms with van der Waals surface area (Å²) in [6.07, 6.45) is 2.13. The van der Waals surface area contributed by atoms with E-state index in [-0.39, 0.29) is 11.2 Å². The first-order valence-electron chi connectivity index (χ1n) is 8.49. The highest BCUT2D eigenvalue weighted by Crippen LogP contribution is 2.37. The molecule has 1 unspecified atom stereocenters. The number of nitrogens with two attached hydrogens (primary N) is 1. The van der Waals surface area contributed by atoms with Crippen LogP contribution in [0.2, 0.25) is 0 Å². The summed E-state index contributed by atoms with van der Waals surface area (Å²) in [5, 5.41) is 10.6. The monoisotopic (exact) mass is 385 g/mol. The molecule has 3 aromatic rings. The maximum absolute atomic E-state index is 13.1. The number of thioether (sulfide) groups is 1. The second-order valence-corrected chi connectivity index (χ2v) is 8.11. The van der Waals surface area contributed by atoms with Gasteiger partial charge in [0.15, 0.2) is 5.82 Å². The number of thiophene rings is 1. The Morgan fingerprint density at radius 3 is 2.58 bits per heavy atom. The Kier molecular flexibility index (Phi) is 4.94. The lowest BCUT2D eigenvalue weighted by Gasteiger charge is -2.22. The smallest absolute Gasteiger partial charge is 0.240 e. The highest BCUT2D eigenvalue weighted by atomic mass is 32.2. The molecule has 0 saturated carbocycles. The van der Waals surface area contributed by atoms with Crippen LogP contribution in [0.15, 0.2) is 53.0 Å². The van der Waals surface area contributed by atoms with Gasteiger partial charge in [-0.2, -0.15) is 0 Å². The minimum Gasteiger partial charge on any atom is -0.341 e. The van der Waals surface area contributed by atoms with Gasteiger partial charge >= 0.3 is 0 Å². The summed E-state index contributed by atoms with van der Waals surface area (Å²) in [6, 6.07) is 13.7. The van der Waals surface area contributed by atoms with Crippen molar-refractivity contribution in [2.45, 2.75) is 23.2 Å². The Bertz CT molecular complexity index is 872. The van der Waals surface area contributed by atoms with Crippen LogP contribution in [-0.2, 0) is 4.79 Å². The minimum absolute atomic E-state index is 0.111. The van der Waals surface area contributed by atoms with Crippen molar-refractivity contribution in [2.75, 3.05) is 18.9 Å². The van der Waals surface area contributed by atoms with E-state index in [1.165, 1.54) is 16.4 Å². The van der Waals surface area contributed by atoms with Gasteiger partial charge in [-0.3, -0.25) is 4.79 Å². The first kappa shape index (κ1) is 17.1. The molecular formula is C18H19N5OS2. The Hall–Kier alpha value is -2.32. The van der Waals surface area contributed by atoms with Crippen LogP contribution in [0.25, 0.3) is 10.7 Å². The lowest BCUT2D eigenvalue weighted by Crippen LogP contribution is -2.31. The van der Waals surface area contributed by atoms with Gasteiger partial charge in [-0.05, 0) is 29.9 Å². The quantitative estimate of drug-likeness (QED) is 0.539. The number of nitrogen functional groups attached to an aromatic ring is 1. The molecule has 2 aromatic heterocycles. The Morgan fingerprint density at radius 1 is 1.12 bits per heavy atom. The normalized spacial score (nSPS) is 15.3. The number of aromatic nitrogens is 3. The molecule has 26 heavy (non-hydrogen) atoms. The zero-order chi connectivity index (χ0) is 17.9. The van der Waals surface area contributed by atoms with E-state index in [4.69, 9.17) is 5.84 Å². The molecule has 1 aliphatic rings. The van der Waals surface area contributed by atoms with Crippen LogP contribution in [-0.4, -0.2) is 38.8 Å². The van der Waals surface area contributed by atoms with E-state index in [0.717, 1.165) is 36.4 Å². The molecule has 3 heterocycles. The molecule has 1 aliphatic heterocycles. The second-order valence-electron chi connectivity index (χ2n) is 6.09. The van der Waals surface area contributed by atoms with Crippen molar-refractivity contribution in [3.63, 3.8) is 0 Å². The highest BCUT2D eigenvalue weighted by Gasteiger charge is 2.30. The molecule has 0 bridgehead atoms. The summed E-state index contributed by atoms with van der Waals surface area (Å²) in [4.78, 5) is 16.0. The molecule has 1 fully saturated rings. The number of carbonyl (C=O) groups excluding carboxylic acids is 1. The van der Waals surface area contributed by atoms with Gasteiger partial charge in [-0.1, -0.05) is 48.2 Å². The second kappa shape index (κ2) is 7.51. The average Bonchev–Trinajstić information content (AvgIpc) is 3.42. The molecular weight excluding hydrogens is 366 g/mol. The molecule has 0 radical (unpaired) electrons. The predicted octanol–water partition coefficient (Wildman–Crippen LogP) is 3.18. The maximum atomic E-state index is 13.1. The van der Waals surface area contributed by atoms with Crippen molar-refractivity contribution in [3.8, 4) is 10.7 Å². The van der Waals surface area contributed by atoms with Crippen LogP contribution in [0.1, 0.15) is 23.7 Å². The molecule has 0 aliphatic carbocycles. The standard InChI is InChI=1S/C18H19N5OS2/c19-23-16(14-9-6-12-25-14)20-21-18(23)26-15(13-7-2-1-3-8-13)17(24)22-10-4-5-11-22/h1-3,6-9,12,15H,4-5,10-11,19H2. The van der Waals surface area contributed by atoms with Crippen molar-refractivity contribution in [3.05, 3.63) is 53.4 Å². The van der Waals surface area contributed by atoms with Gasteiger partial charge < -0.3 is 10.7 Å². The summed E-state index contributed by atoms with van der Waals surface area (Å²) in [5.41, 5.74) is 0.954. The SMILES string of the molecule is Nn1c(SC(C(=O)N2CCCC2)c2ccccc2)nnc1-c1cccs1. The van der Waals surface area contributed by atoms with Gasteiger partial charge in [-0.25, -0.2) is 4.68 Å². The van der Waals surface area contributed by atoms with E-state index in [2.05, 4.69) is 10.2 Å². The van der Waals surface area contributed by atoms with Gasteiger partial charge in [0.1, 0.15) is 5.25 Å². The van der Waals surface area contributed by atoms with Gasteiger partial charge in [0.25, 0.3) is 0 Å². The fourth-order valence-corrected chi connectivity index (χ4v) is 4.78. The molecule has 2 N–H and O–H groups in total. The number of amides is 1. The number of benzene rings is 1. The van der Waals surface area contributed by atoms with Crippen LogP contribution in [0, 0.1) is 0 Å². The lowest BCUT2D eigenvalue weighted by atomic mass is 10.1. The van der Waals surface area contributed by atoms with Gasteiger partial charge in [-0.15, -0.1) is 21.5 Å². The number of likely N-dealkylation sites (tertiary alicyclic amines) is 1. The van der Waals surface area contributed by atoms with E-state index in [1.54, 1.807) is 11.3 Å². The zero-order valence-electron chi connectivity index (χ0n) is 14.1. The van der Waals surface area contributed by atoms with Crippen LogP contribution >= 0.6 is 23.1 Å². The largest absolute Gasteiger partial charge is 0.341 e. The van der Waals surface area contributed by atoms with Gasteiger partial charge in [0.05, 0.1) is 4.88 Å². The van der Waals surface area contributed by atoms with Crippen LogP contribution in [0.5, 0.6) is 0 Å². The third kappa shape index (κ3) is 3.34. The third-order valence-electron chi connectivity index (χ3n) is 4.37. The number of hydrogen-bond donors (Lipinski definition) is 1. The molecule has 134 valence electrons. The first-order valence-corrected chi connectivity index (χ1v) is 10.2. The molecule has 6 nitrogen and oxygen atoms in total. The van der Waals surface area contributed by atoms with Crippen molar-refractivity contribution >= 4 is 29.0 Å². The summed E-state index contributed by atoms with van der Waals surface area (Å²) in [6.45, 7) is 1.64. The van der Waals surface area contributed by atoms with Crippen LogP contribution in [0.4, 0.5) is 0 Å². The molecule has 4 rings (SSSR count). The molecule has 1 aromatic carbocycles. The summed E-state index contributed by atoms with van der Waals surface area (Å²) in [5.74, 6) is 6.95. The average molecular weight is 386 g/mol. The Balaban J connectivity index is 1.64. The summed E-state index contributed by atoms with van der Waals surface area (Å²) >= 11 is 2.92. The maximum Gasteiger partial charge on any atom is 0.240 e.